The van der Waals surface area contributed by atoms with Crippen molar-refractivity contribution in [2.24, 2.45) is 0 Å². The second kappa shape index (κ2) is 6.15. The van der Waals surface area contributed by atoms with E-state index in [0.717, 1.165) is 6.42 Å². The van der Waals surface area contributed by atoms with Crippen LogP contribution in [0.2, 0.25) is 5.02 Å². The Morgan fingerprint density at radius 1 is 1.61 bits per heavy atom. The lowest BCUT2D eigenvalue weighted by molar-refractivity contribution is -0.0462. The Kier molecular flexibility index (Phi) is 5.10. The lowest BCUT2D eigenvalue weighted by atomic mass is 10.3. The number of aliphatic hydroxyl groups excluding tert-OH is 1. The van der Waals surface area contributed by atoms with Crippen molar-refractivity contribution in [3.8, 4) is 0 Å². The van der Waals surface area contributed by atoms with E-state index < -0.39 is 25.0 Å². The minimum absolute atomic E-state index is 0.232. The third-order valence-electron chi connectivity index (χ3n) is 2.30. The molecule has 1 aromatic heterocycles. The molecule has 1 aromatic rings. The maximum atomic E-state index is 12.8. The number of hydrogen-bond acceptors (Lipinski definition) is 2. The molecule has 0 saturated carbocycles. The second-order valence-electron chi connectivity index (χ2n) is 3.93. The van der Waals surface area contributed by atoms with Gasteiger partial charge in [0.05, 0.1) is 11.6 Å². The van der Waals surface area contributed by atoms with Crippen molar-refractivity contribution in [1.82, 2.24) is 9.88 Å². The number of alkyl halides is 2. The number of aliphatic hydroxyl groups is 1. The molecule has 0 unspecified atom stereocenters. The molecule has 0 aromatic carbocycles. The summed E-state index contributed by atoms with van der Waals surface area (Å²) in [4.78, 5) is 11.7. The molecule has 0 aliphatic carbocycles. The molecular formula is C11H15ClF2N2O2. The third kappa shape index (κ3) is 3.96. The molecule has 1 amide bonds. The summed E-state index contributed by atoms with van der Waals surface area (Å²) in [6, 6.07) is 1.42. The summed E-state index contributed by atoms with van der Waals surface area (Å²) in [5.41, 5.74) is 0.232. The van der Waals surface area contributed by atoms with Crippen LogP contribution in [-0.2, 0) is 6.54 Å². The molecule has 102 valence electrons. The van der Waals surface area contributed by atoms with Crippen molar-refractivity contribution < 1.29 is 18.7 Å². The first kappa shape index (κ1) is 14.9. The first-order valence-corrected chi connectivity index (χ1v) is 5.90. The maximum absolute atomic E-state index is 12.8. The minimum Gasteiger partial charge on any atom is -0.390 e. The van der Waals surface area contributed by atoms with Gasteiger partial charge in [-0.15, -0.1) is 0 Å². The van der Waals surface area contributed by atoms with Crippen molar-refractivity contribution in [3.63, 3.8) is 0 Å². The van der Waals surface area contributed by atoms with Crippen molar-refractivity contribution in [3.05, 3.63) is 23.0 Å². The van der Waals surface area contributed by atoms with Gasteiger partial charge in [0.25, 0.3) is 11.8 Å². The molecule has 0 bridgehead atoms. The highest BCUT2D eigenvalue weighted by Gasteiger charge is 2.28. The van der Waals surface area contributed by atoms with E-state index in [1.165, 1.54) is 6.07 Å². The first-order valence-electron chi connectivity index (χ1n) is 5.52. The van der Waals surface area contributed by atoms with Crippen LogP contribution in [0.5, 0.6) is 0 Å². The minimum atomic E-state index is -3.32. The van der Waals surface area contributed by atoms with Gasteiger partial charge in [0.15, 0.2) is 0 Å². The van der Waals surface area contributed by atoms with Crippen LogP contribution in [0, 0.1) is 0 Å². The Hall–Kier alpha value is -1.14. The van der Waals surface area contributed by atoms with E-state index in [9.17, 15) is 13.6 Å². The van der Waals surface area contributed by atoms with Crippen LogP contribution in [0.15, 0.2) is 12.3 Å². The molecule has 2 N–H and O–H groups in total. The fourth-order valence-corrected chi connectivity index (χ4v) is 1.67. The predicted molar refractivity (Wildman–Crippen MR) is 64.1 cm³/mol. The normalized spacial score (nSPS) is 11.6. The highest BCUT2D eigenvalue weighted by Crippen LogP contribution is 2.15. The summed E-state index contributed by atoms with van der Waals surface area (Å²) in [7, 11) is 0. The number of hydrogen-bond donors (Lipinski definition) is 2. The van der Waals surface area contributed by atoms with E-state index in [4.69, 9.17) is 16.7 Å². The zero-order chi connectivity index (χ0) is 13.8. The van der Waals surface area contributed by atoms with Crippen molar-refractivity contribution in [1.29, 1.82) is 0 Å². The highest BCUT2D eigenvalue weighted by molar-refractivity contribution is 6.31. The third-order valence-corrected chi connectivity index (χ3v) is 2.51. The molecule has 18 heavy (non-hydrogen) atoms. The summed E-state index contributed by atoms with van der Waals surface area (Å²) in [5.74, 6) is -3.95. The van der Waals surface area contributed by atoms with Gasteiger partial charge < -0.3 is 15.0 Å². The molecule has 0 aliphatic rings. The summed E-state index contributed by atoms with van der Waals surface area (Å²) in [5, 5.41) is 10.8. The second-order valence-corrected chi connectivity index (χ2v) is 4.37. The quantitative estimate of drug-likeness (QED) is 0.836. The monoisotopic (exact) mass is 280 g/mol. The Morgan fingerprint density at radius 2 is 2.28 bits per heavy atom. The van der Waals surface area contributed by atoms with Gasteiger partial charge in [-0.05, 0) is 12.5 Å². The topological polar surface area (TPSA) is 54.3 Å². The number of rotatable bonds is 6. The maximum Gasteiger partial charge on any atom is 0.287 e. The predicted octanol–water partition coefficient (Wildman–Crippen LogP) is 1.91. The SMILES string of the molecule is CCCn1cc(Cl)cc1C(=O)NCC(F)(F)CO. The molecule has 4 nitrogen and oxygen atoms in total. The van der Waals surface area contributed by atoms with Crippen LogP contribution in [0.4, 0.5) is 8.78 Å². The van der Waals surface area contributed by atoms with E-state index in [0.29, 0.717) is 11.6 Å². The van der Waals surface area contributed by atoms with Crippen molar-refractivity contribution >= 4 is 17.5 Å². The molecule has 0 atom stereocenters. The number of carbonyl (C=O) groups is 1. The Morgan fingerprint density at radius 3 is 2.83 bits per heavy atom. The molecule has 0 spiro atoms. The van der Waals surface area contributed by atoms with Gasteiger partial charge in [0, 0.05) is 12.7 Å². The Balaban J connectivity index is 2.72. The van der Waals surface area contributed by atoms with Crippen LogP contribution in [0.25, 0.3) is 0 Å². The number of nitrogens with zero attached hydrogens (tertiary/aromatic N) is 1. The number of aryl methyl sites for hydroxylation is 1. The standard InChI is InChI=1S/C11H15ClF2N2O2/c1-2-3-16-5-8(12)4-9(16)10(18)15-6-11(13,14)7-17/h4-5,17H,2-3,6-7H2,1H3,(H,15,18). The van der Waals surface area contributed by atoms with Crippen LogP contribution >= 0.6 is 11.6 Å². The zero-order valence-corrected chi connectivity index (χ0v) is 10.7. The van der Waals surface area contributed by atoms with Gasteiger partial charge in [-0.1, -0.05) is 18.5 Å². The zero-order valence-electron chi connectivity index (χ0n) is 9.92. The largest absolute Gasteiger partial charge is 0.390 e. The van der Waals surface area contributed by atoms with Gasteiger partial charge >= 0.3 is 0 Å². The lowest BCUT2D eigenvalue weighted by Gasteiger charge is -2.14. The smallest absolute Gasteiger partial charge is 0.287 e. The van der Waals surface area contributed by atoms with Gasteiger partial charge in [0.2, 0.25) is 0 Å². The summed E-state index contributed by atoms with van der Waals surface area (Å²) >= 11 is 5.77. The van der Waals surface area contributed by atoms with Crippen molar-refractivity contribution in [2.75, 3.05) is 13.2 Å². The van der Waals surface area contributed by atoms with E-state index in [2.05, 4.69) is 5.32 Å². The molecule has 0 aliphatic heterocycles. The molecule has 0 radical (unpaired) electrons. The number of amides is 1. The average Bonchev–Trinajstić information content (AvgIpc) is 2.68. The average molecular weight is 281 g/mol. The Labute approximate surface area is 109 Å². The molecular weight excluding hydrogens is 266 g/mol. The number of nitrogens with one attached hydrogen (secondary N) is 1. The fraction of sp³-hybridized carbons (Fsp3) is 0.545. The van der Waals surface area contributed by atoms with Crippen molar-refractivity contribution in [2.45, 2.75) is 25.8 Å². The van der Waals surface area contributed by atoms with E-state index in [-0.39, 0.29) is 5.69 Å². The summed E-state index contributed by atoms with van der Waals surface area (Å²) in [6.07, 6.45) is 2.36. The highest BCUT2D eigenvalue weighted by atomic mass is 35.5. The van der Waals surface area contributed by atoms with E-state index >= 15 is 0 Å². The first-order chi connectivity index (χ1) is 8.39. The van der Waals surface area contributed by atoms with Crippen LogP contribution in [0.3, 0.4) is 0 Å². The molecule has 1 heterocycles. The van der Waals surface area contributed by atoms with Gasteiger partial charge in [-0.3, -0.25) is 4.79 Å². The Bertz CT molecular complexity index is 421. The fourth-order valence-electron chi connectivity index (χ4n) is 1.45. The van der Waals surface area contributed by atoms with Crippen LogP contribution < -0.4 is 5.32 Å². The summed E-state index contributed by atoms with van der Waals surface area (Å²) < 4.78 is 27.2. The van der Waals surface area contributed by atoms with Crippen LogP contribution in [0.1, 0.15) is 23.8 Å². The van der Waals surface area contributed by atoms with Gasteiger partial charge in [0.1, 0.15) is 12.3 Å². The summed E-state index contributed by atoms with van der Waals surface area (Å²) in [6.45, 7) is 0.294. The molecule has 1 rings (SSSR count). The molecule has 0 fully saturated rings. The van der Waals surface area contributed by atoms with E-state index in [1.807, 2.05) is 6.92 Å². The lowest BCUT2D eigenvalue weighted by Crippen LogP contribution is -2.39. The molecule has 7 heteroatoms. The van der Waals surface area contributed by atoms with Gasteiger partial charge in [-0.25, -0.2) is 8.78 Å². The molecule has 0 saturated heterocycles. The number of halogens is 3. The van der Waals surface area contributed by atoms with E-state index in [1.54, 1.807) is 10.8 Å². The number of aromatic nitrogens is 1. The van der Waals surface area contributed by atoms with Crippen LogP contribution in [-0.4, -0.2) is 34.7 Å². The van der Waals surface area contributed by atoms with Gasteiger partial charge in [-0.2, -0.15) is 0 Å². The number of carbonyl (C=O) groups excluding carboxylic acids is 1.